The summed E-state index contributed by atoms with van der Waals surface area (Å²) in [6, 6.07) is 15.1. The molecule has 0 fully saturated rings. The minimum Gasteiger partial charge on any atom is -0.497 e. The molecule has 1 amide bonds. The summed E-state index contributed by atoms with van der Waals surface area (Å²) in [5.41, 5.74) is 2.21. The number of aromatic nitrogens is 1. The van der Waals surface area contributed by atoms with E-state index in [-0.39, 0.29) is 5.91 Å². The van der Waals surface area contributed by atoms with Crippen molar-refractivity contribution in [1.29, 1.82) is 0 Å². The summed E-state index contributed by atoms with van der Waals surface area (Å²) in [5, 5.41) is 3.82. The number of benzene rings is 2. The summed E-state index contributed by atoms with van der Waals surface area (Å²) in [6.07, 6.45) is 0. The highest BCUT2D eigenvalue weighted by Gasteiger charge is 2.10. The molecule has 0 aliphatic rings. The maximum atomic E-state index is 12.2. The number of amides is 1. The highest BCUT2D eigenvalue weighted by atomic mass is 127. The van der Waals surface area contributed by atoms with Gasteiger partial charge < -0.3 is 15.0 Å². The Morgan fingerprint density at radius 1 is 1.14 bits per heavy atom. The van der Waals surface area contributed by atoms with Crippen molar-refractivity contribution in [2.75, 3.05) is 12.4 Å². The first kappa shape index (κ1) is 13.9. The predicted octanol–water partition coefficient (Wildman–Crippen LogP) is 4.03. The van der Waals surface area contributed by atoms with E-state index in [1.54, 1.807) is 7.11 Å². The highest BCUT2D eigenvalue weighted by Crippen LogP contribution is 2.22. The molecule has 4 nitrogen and oxygen atoms in total. The van der Waals surface area contributed by atoms with Crippen molar-refractivity contribution < 1.29 is 9.53 Å². The molecule has 0 aliphatic carbocycles. The van der Waals surface area contributed by atoms with E-state index in [2.05, 4.69) is 32.9 Å². The minimum absolute atomic E-state index is 0.161. The minimum atomic E-state index is -0.161. The van der Waals surface area contributed by atoms with Gasteiger partial charge in [-0.1, -0.05) is 0 Å². The smallest absolute Gasteiger partial charge is 0.272 e. The van der Waals surface area contributed by atoms with E-state index in [1.807, 2.05) is 48.5 Å². The van der Waals surface area contributed by atoms with Gasteiger partial charge in [0.15, 0.2) is 0 Å². The quantitative estimate of drug-likeness (QED) is 0.662. The van der Waals surface area contributed by atoms with Gasteiger partial charge in [0, 0.05) is 20.2 Å². The van der Waals surface area contributed by atoms with Crippen molar-refractivity contribution in [2.24, 2.45) is 0 Å². The van der Waals surface area contributed by atoms with Crippen LogP contribution < -0.4 is 10.1 Å². The van der Waals surface area contributed by atoms with Gasteiger partial charge in [0.1, 0.15) is 11.4 Å². The fraction of sp³-hybridized carbons (Fsp3) is 0.0625. The van der Waals surface area contributed by atoms with E-state index in [1.165, 1.54) is 0 Å². The normalized spacial score (nSPS) is 10.6. The largest absolute Gasteiger partial charge is 0.497 e. The van der Waals surface area contributed by atoms with Gasteiger partial charge in [-0.05, 0) is 71.1 Å². The lowest BCUT2D eigenvalue weighted by Gasteiger charge is -2.03. The van der Waals surface area contributed by atoms with Crippen LogP contribution in [0.1, 0.15) is 10.5 Å². The third kappa shape index (κ3) is 3.02. The monoisotopic (exact) mass is 392 g/mol. The van der Waals surface area contributed by atoms with Crippen LogP contribution in [0.2, 0.25) is 0 Å². The van der Waals surface area contributed by atoms with Crippen LogP contribution in [0.25, 0.3) is 10.9 Å². The van der Waals surface area contributed by atoms with Gasteiger partial charge in [0.05, 0.1) is 7.11 Å². The third-order valence-corrected chi connectivity index (χ3v) is 3.89. The number of rotatable bonds is 3. The number of aromatic amines is 1. The molecule has 0 atom stereocenters. The summed E-state index contributed by atoms with van der Waals surface area (Å²) < 4.78 is 6.31. The number of halogens is 1. The van der Waals surface area contributed by atoms with Crippen LogP contribution in [0.3, 0.4) is 0 Å². The number of ether oxygens (including phenoxy) is 1. The van der Waals surface area contributed by atoms with Gasteiger partial charge in [-0.25, -0.2) is 0 Å². The number of hydrogen-bond acceptors (Lipinski definition) is 2. The Bertz CT molecular complexity index is 794. The Morgan fingerprint density at radius 3 is 2.62 bits per heavy atom. The number of nitrogens with one attached hydrogen (secondary N) is 2. The molecule has 21 heavy (non-hydrogen) atoms. The lowest BCUT2D eigenvalue weighted by atomic mass is 10.2. The van der Waals surface area contributed by atoms with Crippen LogP contribution in [-0.4, -0.2) is 18.0 Å². The topological polar surface area (TPSA) is 54.1 Å². The molecule has 0 bridgehead atoms. The molecule has 0 radical (unpaired) electrons. The fourth-order valence-electron chi connectivity index (χ4n) is 2.09. The van der Waals surface area contributed by atoms with Crippen molar-refractivity contribution >= 4 is 45.1 Å². The van der Waals surface area contributed by atoms with Gasteiger partial charge >= 0.3 is 0 Å². The molecule has 0 spiro atoms. The molecule has 3 rings (SSSR count). The molecule has 1 heterocycles. The Hall–Kier alpha value is -2.02. The molecule has 106 valence electrons. The maximum Gasteiger partial charge on any atom is 0.272 e. The molecule has 0 saturated carbocycles. The Kier molecular flexibility index (Phi) is 3.83. The van der Waals surface area contributed by atoms with E-state index in [4.69, 9.17) is 4.74 Å². The van der Waals surface area contributed by atoms with Gasteiger partial charge in [-0.15, -0.1) is 0 Å². The van der Waals surface area contributed by atoms with Crippen LogP contribution >= 0.6 is 22.6 Å². The Morgan fingerprint density at radius 2 is 1.90 bits per heavy atom. The van der Waals surface area contributed by atoms with Crippen LogP contribution in [0.5, 0.6) is 5.75 Å². The van der Waals surface area contributed by atoms with E-state index in [0.29, 0.717) is 5.69 Å². The molecule has 2 aromatic carbocycles. The first-order valence-electron chi connectivity index (χ1n) is 6.39. The van der Waals surface area contributed by atoms with Crippen molar-refractivity contribution in [3.8, 4) is 5.75 Å². The molecule has 0 unspecified atom stereocenters. The van der Waals surface area contributed by atoms with Gasteiger partial charge in [0.2, 0.25) is 0 Å². The molecule has 2 N–H and O–H groups in total. The molecule has 3 aromatic rings. The van der Waals surface area contributed by atoms with E-state index in [9.17, 15) is 4.79 Å². The van der Waals surface area contributed by atoms with Crippen LogP contribution in [0, 0.1) is 3.57 Å². The Labute approximate surface area is 135 Å². The zero-order valence-corrected chi connectivity index (χ0v) is 13.5. The maximum absolute atomic E-state index is 12.2. The molecular weight excluding hydrogens is 379 g/mol. The SMILES string of the molecule is COc1ccc2[nH]c(C(=O)Nc3ccc(I)cc3)cc2c1. The van der Waals surface area contributed by atoms with Gasteiger partial charge in [-0.3, -0.25) is 4.79 Å². The van der Waals surface area contributed by atoms with Gasteiger partial charge in [-0.2, -0.15) is 0 Å². The summed E-state index contributed by atoms with van der Waals surface area (Å²) in [7, 11) is 1.62. The number of anilines is 1. The van der Waals surface area contributed by atoms with Crippen molar-refractivity contribution in [2.45, 2.75) is 0 Å². The second kappa shape index (κ2) is 5.77. The van der Waals surface area contributed by atoms with Crippen molar-refractivity contribution in [1.82, 2.24) is 4.98 Å². The summed E-state index contributed by atoms with van der Waals surface area (Å²) >= 11 is 2.23. The zero-order chi connectivity index (χ0) is 14.8. The predicted molar refractivity (Wildman–Crippen MR) is 92.0 cm³/mol. The second-order valence-corrected chi connectivity index (χ2v) is 5.84. The summed E-state index contributed by atoms with van der Waals surface area (Å²) in [6.45, 7) is 0. The number of carbonyl (C=O) groups excluding carboxylic acids is 1. The average molecular weight is 392 g/mol. The third-order valence-electron chi connectivity index (χ3n) is 3.17. The molecule has 0 saturated heterocycles. The molecular formula is C16H13IN2O2. The van der Waals surface area contributed by atoms with Gasteiger partial charge in [0.25, 0.3) is 5.91 Å². The molecule has 5 heteroatoms. The van der Waals surface area contributed by atoms with Crippen molar-refractivity contribution in [3.63, 3.8) is 0 Å². The number of carbonyl (C=O) groups is 1. The van der Waals surface area contributed by atoms with Crippen LogP contribution in [0.4, 0.5) is 5.69 Å². The number of hydrogen-bond donors (Lipinski definition) is 2. The lowest BCUT2D eigenvalue weighted by Crippen LogP contribution is -2.12. The van der Waals surface area contributed by atoms with Crippen molar-refractivity contribution in [3.05, 3.63) is 57.8 Å². The number of methoxy groups -OCH3 is 1. The van der Waals surface area contributed by atoms with E-state index in [0.717, 1.165) is 25.9 Å². The van der Waals surface area contributed by atoms with Crippen LogP contribution in [0.15, 0.2) is 48.5 Å². The molecule has 1 aromatic heterocycles. The average Bonchev–Trinajstić information content (AvgIpc) is 2.92. The van der Waals surface area contributed by atoms with E-state index >= 15 is 0 Å². The fourth-order valence-corrected chi connectivity index (χ4v) is 2.45. The number of fused-ring (bicyclic) bond motifs is 1. The first-order valence-corrected chi connectivity index (χ1v) is 7.47. The lowest BCUT2D eigenvalue weighted by molar-refractivity contribution is 0.102. The number of H-pyrrole nitrogens is 1. The standard InChI is InChI=1S/C16H13IN2O2/c1-21-13-6-7-14-10(8-13)9-15(19-14)16(20)18-12-4-2-11(17)3-5-12/h2-9,19H,1H3,(H,18,20). The zero-order valence-electron chi connectivity index (χ0n) is 11.3. The first-order chi connectivity index (χ1) is 10.2. The Balaban J connectivity index is 1.85. The van der Waals surface area contributed by atoms with Crippen LogP contribution in [-0.2, 0) is 0 Å². The second-order valence-electron chi connectivity index (χ2n) is 4.60. The molecule has 0 aliphatic heterocycles. The summed E-state index contributed by atoms with van der Waals surface area (Å²) in [5.74, 6) is 0.609. The van der Waals surface area contributed by atoms with E-state index < -0.39 is 0 Å². The summed E-state index contributed by atoms with van der Waals surface area (Å²) in [4.78, 5) is 15.4. The highest BCUT2D eigenvalue weighted by molar-refractivity contribution is 14.1.